The molecular weight excluding hydrogens is 154 g/mol. The van der Waals surface area contributed by atoms with Crippen LogP contribution in [0.3, 0.4) is 0 Å². The average Bonchev–Trinajstić information content (AvgIpc) is 2.06. The van der Waals surface area contributed by atoms with Crippen LogP contribution >= 0.6 is 0 Å². The molecule has 0 aromatic carbocycles. The van der Waals surface area contributed by atoms with E-state index in [-0.39, 0.29) is 6.04 Å². The summed E-state index contributed by atoms with van der Waals surface area (Å²) in [5.41, 5.74) is 6.63. The molecule has 0 saturated heterocycles. The quantitative estimate of drug-likeness (QED) is 0.685. The Balaban J connectivity index is 2.41. The van der Waals surface area contributed by atoms with E-state index in [9.17, 15) is 0 Å². The van der Waals surface area contributed by atoms with Crippen molar-refractivity contribution in [3.8, 4) is 0 Å². The van der Waals surface area contributed by atoms with Crippen LogP contribution in [-0.4, -0.2) is 29.7 Å². The zero-order valence-corrected chi connectivity index (χ0v) is 7.10. The van der Waals surface area contributed by atoms with E-state index in [2.05, 4.69) is 9.97 Å². The molecule has 0 aliphatic rings. The molecule has 0 spiro atoms. The standard InChI is InChI=1S/C8H13N3O/c1-12-6-7(9)4-8-5-10-2-3-11-8/h2-3,5,7H,4,6,9H2,1H3. The van der Waals surface area contributed by atoms with Gasteiger partial charge >= 0.3 is 0 Å². The minimum atomic E-state index is 0.00620. The lowest BCUT2D eigenvalue weighted by Crippen LogP contribution is -2.28. The van der Waals surface area contributed by atoms with Gasteiger partial charge < -0.3 is 10.5 Å². The Hall–Kier alpha value is -1.00. The summed E-state index contributed by atoms with van der Waals surface area (Å²) in [7, 11) is 1.64. The first kappa shape index (κ1) is 9.09. The van der Waals surface area contributed by atoms with E-state index in [0.717, 1.165) is 5.69 Å². The molecule has 2 N–H and O–H groups in total. The lowest BCUT2D eigenvalue weighted by molar-refractivity contribution is 0.179. The van der Waals surface area contributed by atoms with E-state index in [4.69, 9.17) is 10.5 Å². The maximum atomic E-state index is 5.72. The minimum absolute atomic E-state index is 0.00620. The molecule has 0 saturated carbocycles. The van der Waals surface area contributed by atoms with Crippen molar-refractivity contribution in [3.63, 3.8) is 0 Å². The molecule has 0 bridgehead atoms. The van der Waals surface area contributed by atoms with Crippen LogP contribution in [0.15, 0.2) is 18.6 Å². The molecule has 66 valence electrons. The third-order valence-electron chi connectivity index (χ3n) is 1.47. The summed E-state index contributed by atoms with van der Waals surface area (Å²) in [6, 6.07) is 0.00620. The van der Waals surface area contributed by atoms with Gasteiger partial charge in [-0.05, 0) is 0 Å². The Bertz CT molecular complexity index is 215. The van der Waals surface area contributed by atoms with E-state index in [1.54, 1.807) is 25.7 Å². The van der Waals surface area contributed by atoms with E-state index in [1.807, 2.05) is 0 Å². The maximum Gasteiger partial charge on any atom is 0.0617 e. The van der Waals surface area contributed by atoms with Crippen molar-refractivity contribution in [2.45, 2.75) is 12.5 Å². The van der Waals surface area contributed by atoms with Crippen molar-refractivity contribution in [1.82, 2.24) is 9.97 Å². The Morgan fingerprint density at radius 2 is 2.42 bits per heavy atom. The van der Waals surface area contributed by atoms with Gasteiger partial charge in [-0.2, -0.15) is 0 Å². The minimum Gasteiger partial charge on any atom is -0.383 e. The lowest BCUT2D eigenvalue weighted by atomic mass is 10.2. The average molecular weight is 167 g/mol. The lowest BCUT2D eigenvalue weighted by Gasteiger charge is -2.08. The number of rotatable bonds is 4. The Morgan fingerprint density at radius 3 is 3.00 bits per heavy atom. The smallest absolute Gasteiger partial charge is 0.0617 e. The second-order valence-corrected chi connectivity index (χ2v) is 2.62. The second-order valence-electron chi connectivity index (χ2n) is 2.62. The SMILES string of the molecule is COCC(N)Cc1cnccn1. The van der Waals surface area contributed by atoms with Gasteiger partial charge in [-0.25, -0.2) is 0 Å². The van der Waals surface area contributed by atoms with E-state index in [0.29, 0.717) is 13.0 Å². The molecule has 12 heavy (non-hydrogen) atoms. The highest BCUT2D eigenvalue weighted by Crippen LogP contribution is 1.95. The molecular formula is C8H13N3O. The highest BCUT2D eigenvalue weighted by molar-refractivity contribution is 4.97. The zero-order chi connectivity index (χ0) is 8.81. The van der Waals surface area contributed by atoms with Crippen LogP contribution in [0.4, 0.5) is 0 Å². The van der Waals surface area contributed by atoms with Crippen LogP contribution < -0.4 is 5.73 Å². The monoisotopic (exact) mass is 167 g/mol. The molecule has 1 aromatic rings. The summed E-state index contributed by atoms with van der Waals surface area (Å²) < 4.78 is 4.90. The van der Waals surface area contributed by atoms with Gasteiger partial charge in [0.1, 0.15) is 0 Å². The van der Waals surface area contributed by atoms with Gasteiger partial charge in [0.2, 0.25) is 0 Å². The molecule has 0 aliphatic carbocycles. The van der Waals surface area contributed by atoms with E-state index < -0.39 is 0 Å². The van der Waals surface area contributed by atoms with Gasteiger partial charge in [-0.3, -0.25) is 9.97 Å². The van der Waals surface area contributed by atoms with E-state index in [1.165, 1.54) is 0 Å². The molecule has 4 nitrogen and oxygen atoms in total. The van der Waals surface area contributed by atoms with Crippen LogP contribution in [0, 0.1) is 0 Å². The fourth-order valence-corrected chi connectivity index (χ4v) is 0.977. The first-order valence-electron chi connectivity index (χ1n) is 3.82. The van der Waals surface area contributed by atoms with Crippen molar-refractivity contribution < 1.29 is 4.74 Å². The molecule has 0 fully saturated rings. The number of methoxy groups -OCH3 is 1. The molecule has 4 heteroatoms. The van der Waals surface area contributed by atoms with Crippen LogP contribution in [0.25, 0.3) is 0 Å². The van der Waals surface area contributed by atoms with Gasteiger partial charge in [0.15, 0.2) is 0 Å². The number of aromatic nitrogens is 2. The topological polar surface area (TPSA) is 61.0 Å². The fourth-order valence-electron chi connectivity index (χ4n) is 0.977. The summed E-state index contributed by atoms with van der Waals surface area (Å²) >= 11 is 0. The summed E-state index contributed by atoms with van der Waals surface area (Å²) in [6.07, 6.45) is 5.73. The van der Waals surface area contributed by atoms with Crippen LogP contribution in [0.1, 0.15) is 5.69 Å². The highest BCUT2D eigenvalue weighted by atomic mass is 16.5. The summed E-state index contributed by atoms with van der Waals surface area (Å²) in [5, 5.41) is 0. The molecule has 0 amide bonds. The normalized spacial score (nSPS) is 12.8. The molecule has 1 rings (SSSR count). The summed E-state index contributed by atoms with van der Waals surface area (Å²) in [6.45, 7) is 0.552. The number of ether oxygens (including phenoxy) is 1. The predicted molar refractivity (Wildman–Crippen MR) is 45.6 cm³/mol. The fraction of sp³-hybridized carbons (Fsp3) is 0.500. The molecule has 1 aromatic heterocycles. The molecule has 0 radical (unpaired) electrons. The number of hydrogen-bond acceptors (Lipinski definition) is 4. The Labute approximate surface area is 71.8 Å². The molecule has 1 atom stereocenters. The van der Waals surface area contributed by atoms with Crippen molar-refractivity contribution in [2.75, 3.05) is 13.7 Å². The van der Waals surface area contributed by atoms with Crippen LogP contribution in [0.5, 0.6) is 0 Å². The summed E-state index contributed by atoms with van der Waals surface area (Å²) in [4.78, 5) is 8.04. The summed E-state index contributed by atoms with van der Waals surface area (Å²) in [5.74, 6) is 0. The number of nitrogens with two attached hydrogens (primary N) is 1. The number of nitrogens with zero attached hydrogens (tertiary/aromatic N) is 2. The Morgan fingerprint density at radius 1 is 1.58 bits per heavy atom. The second kappa shape index (κ2) is 4.79. The van der Waals surface area contributed by atoms with Gasteiger partial charge in [-0.1, -0.05) is 0 Å². The van der Waals surface area contributed by atoms with Crippen molar-refractivity contribution >= 4 is 0 Å². The highest BCUT2D eigenvalue weighted by Gasteiger charge is 2.03. The zero-order valence-electron chi connectivity index (χ0n) is 7.10. The molecule has 1 heterocycles. The van der Waals surface area contributed by atoms with Crippen molar-refractivity contribution in [2.24, 2.45) is 5.73 Å². The van der Waals surface area contributed by atoms with Crippen molar-refractivity contribution in [3.05, 3.63) is 24.3 Å². The van der Waals surface area contributed by atoms with Crippen molar-refractivity contribution in [1.29, 1.82) is 0 Å². The predicted octanol–water partition coefficient (Wildman–Crippen LogP) is -0.00720. The first-order chi connectivity index (χ1) is 5.83. The maximum absolute atomic E-state index is 5.72. The largest absolute Gasteiger partial charge is 0.383 e. The van der Waals surface area contributed by atoms with Gasteiger partial charge in [-0.15, -0.1) is 0 Å². The van der Waals surface area contributed by atoms with Gasteiger partial charge in [0.05, 0.1) is 12.3 Å². The van der Waals surface area contributed by atoms with Crippen LogP contribution in [0.2, 0.25) is 0 Å². The van der Waals surface area contributed by atoms with Gasteiger partial charge in [0, 0.05) is 38.2 Å². The molecule has 0 aliphatic heterocycles. The van der Waals surface area contributed by atoms with Crippen LogP contribution in [-0.2, 0) is 11.2 Å². The van der Waals surface area contributed by atoms with Gasteiger partial charge in [0.25, 0.3) is 0 Å². The van der Waals surface area contributed by atoms with E-state index >= 15 is 0 Å². The first-order valence-corrected chi connectivity index (χ1v) is 3.82. The number of hydrogen-bond donors (Lipinski definition) is 1. The third-order valence-corrected chi connectivity index (χ3v) is 1.47. The Kier molecular flexibility index (Phi) is 3.63. The third kappa shape index (κ3) is 2.94. The molecule has 1 unspecified atom stereocenters.